The van der Waals surface area contributed by atoms with Crippen molar-refractivity contribution in [1.82, 2.24) is 5.32 Å². The molecule has 1 amide bonds. The van der Waals surface area contributed by atoms with Gasteiger partial charge in [0, 0.05) is 11.8 Å². The summed E-state index contributed by atoms with van der Waals surface area (Å²) >= 11 is 0. The van der Waals surface area contributed by atoms with E-state index in [1.807, 2.05) is 0 Å². The Kier molecular flexibility index (Phi) is 2.71. The monoisotopic (exact) mass is 249 g/mol. The summed E-state index contributed by atoms with van der Waals surface area (Å²) < 4.78 is 30.2. The van der Waals surface area contributed by atoms with Crippen LogP contribution >= 0.6 is 0 Å². The minimum absolute atomic E-state index is 0.138. The van der Waals surface area contributed by atoms with Gasteiger partial charge in [-0.15, -0.1) is 0 Å². The van der Waals surface area contributed by atoms with Crippen LogP contribution in [0, 0.1) is 17.8 Å². The third-order valence-corrected chi connectivity index (χ3v) is 3.67. The van der Waals surface area contributed by atoms with Gasteiger partial charge in [0.1, 0.15) is 6.04 Å². The number of halogens is 2. The van der Waals surface area contributed by atoms with Gasteiger partial charge in [-0.05, 0) is 18.8 Å². The van der Waals surface area contributed by atoms with E-state index in [1.54, 1.807) is 0 Å². The van der Waals surface area contributed by atoms with Crippen LogP contribution in [0.4, 0.5) is 13.6 Å². The fraction of sp³-hybridized carbons (Fsp3) is 0.800. The number of amides is 1. The van der Waals surface area contributed by atoms with Crippen molar-refractivity contribution in [1.29, 1.82) is 0 Å². The van der Waals surface area contributed by atoms with Crippen LogP contribution in [0.15, 0.2) is 0 Å². The molecule has 5 nitrogen and oxygen atoms in total. The maximum Gasteiger partial charge on any atom is 0.407 e. The second kappa shape index (κ2) is 3.82. The van der Waals surface area contributed by atoms with Gasteiger partial charge in [-0.2, -0.15) is 0 Å². The Morgan fingerprint density at radius 1 is 1.41 bits per heavy atom. The number of fused-ring (bicyclic) bond motifs is 1. The first-order valence-corrected chi connectivity index (χ1v) is 5.33. The van der Waals surface area contributed by atoms with Crippen LogP contribution in [0.25, 0.3) is 0 Å². The zero-order chi connectivity index (χ0) is 12.8. The van der Waals surface area contributed by atoms with Gasteiger partial charge in [0.15, 0.2) is 0 Å². The zero-order valence-corrected chi connectivity index (χ0v) is 9.15. The summed E-state index contributed by atoms with van der Waals surface area (Å²) in [6.07, 6.45) is -0.582. The fourth-order valence-corrected chi connectivity index (χ4v) is 2.69. The van der Waals surface area contributed by atoms with Crippen molar-refractivity contribution in [2.24, 2.45) is 17.8 Å². The average Bonchev–Trinajstić information content (AvgIpc) is 2.69. The number of hydrogen-bond donors (Lipinski definition) is 2. The molecule has 0 radical (unpaired) electrons. The van der Waals surface area contributed by atoms with Gasteiger partial charge in [0.05, 0.1) is 7.11 Å². The summed E-state index contributed by atoms with van der Waals surface area (Å²) in [6, 6.07) is -1.15. The molecular formula is C10H13F2NO4. The molecule has 17 heavy (non-hydrogen) atoms. The molecular weight excluding hydrogens is 236 g/mol. The molecule has 7 heteroatoms. The van der Waals surface area contributed by atoms with Crippen molar-refractivity contribution < 1.29 is 28.2 Å². The topological polar surface area (TPSA) is 75.6 Å². The summed E-state index contributed by atoms with van der Waals surface area (Å²) in [5, 5.41) is 11.1. The number of carboxylic acids is 1. The number of alkyl carbamates (subject to hydrolysis) is 1. The van der Waals surface area contributed by atoms with E-state index in [0.717, 1.165) is 7.11 Å². The van der Waals surface area contributed by atoms with Crippen LogP contribution < -0.4 is 5.32 Å². The molecule has 2 fully saturated rings. The van der Waals surface area contributed by atoms with E-state index in [0.29, 0.717) is 0 Å². The average molecular weight is 249 g/mol. The van der Waals surface area contributed by atoms with Crippen molar-refractivity contribution in [2.45, 2.75) is 24.8 Å². The van der Waals surface area contributed by atoms with Gasteiger partial charge in [0.25, 0.3) is 5.92 Å². The molecule has 0 aromatic carbocycles. The van der Waals surface area contributed by atoms with Crippen LogP contribution in [0.2, 0.25) is 0 Å². The van der Waals surface area contributed by atoms with Gasteiger partial charge >= 0.3 is 12.1 Å². The lowest BCUT2D eigenvalue weighted by Gasteiger charge is -2.22. The first kappa shape index (κ1) is 12.1. The summed E-state index contributed by atoms with van der Waals surface area (Å²) in [5.74, 6) is -5.72. The second-order valence-electron chi connectivity index (χ2n) is 4.57. The third kappa shape index (κ3) is 1.94. The minimum atomic E-state index is -2.63. The molecule has 2 unspecified atom stereocenters. The molecule has 0 bridgehead atoms. The third-order valence-electron chi connectivity index (χ3n) is 3.67. The number of carboxylic acid groups (broad SMARTS) is 1. The summed E-state index contributed by atoms with van der Waals surface area (Å²) in [5.41, 5.74) is 0. The second-order valence-corrected chi connectivity index (χ2v) is 4.57. The smallest absolute Gasteiger partial charge is 0.407 e. The molecule has 0 aromatic heterocycles. The predicted octanol–water partition coefficient (Wildman–Crippen LogP) is 1.09. The number of aliphatic carboxylic acids is 1. The van der Waals surface area contributed by atoms with E-state index in [1.165, 1.54) is 0 Å². The molecule has 0 heterocycles. The molecule has 0 aliphatic heterocycles. The minimum Gasteiger partial charge on any atom is -0.480 e. The molecule has 0 aromatic rings. The lowest BCUT2D eigenvalue weighted by Crippen LogP contribution is -2.46. The number of ether oxygens (including phenoxy) is 1. The van der Waals surface area contributed by atoms with Crippen LogP contribution in [0.5, 0.6) is 0 Å². The largest absolute Gasteiger partial charge is 0.480 e. The Bertz CT molecular complexity index is 346. The number of nitrogens with one attached hydrogen (secondary N) is 1. The van der Waals surface area contributed by atoms with E-state index >= 15 is 0 Å². The lowest BCUT2D eigenvalue weighted by molar-refractivity contribution is -0.141. The van der Waals surface area contributed by atoms with Crippen molar-refractivity contribution in [3.8, 4) is 0 Å². The van der Waals surface area contributed by atoms with Gasteiger partial charge in [-0.3, -0.25) is 0 Å². The SMILES string of the molecule is COC(=O)NC(C(=O)O)C1C[C@@H]2[C@H](C1)C2(F)F. The van der Waals surface area contributed by atoms with E-state index in [-0.39, 0.29) is 12.8 Å². The highest BCUT2D eigenvalue weighted by Crippen LogP contribution is 2.66. The van der Waals surface area contributed by atoms with Crippen LogP contribution in [0.3, 0.4) is 0 Å². The normalized spacial score (nSPS) is 34.6. The van der Waals surface area contributed by atoms with Gasteiger partial charge in [-0.25, -0.2) is 18.4 Å². The molecule has 2 rings (SSSR count). The van der Waals surface area contributed by atoms with Gasteiger partial charge < -0.3 is 15.2 Å². The van der Waals surface area contributed by atoms with Crippen molar-refractivity contribution >= 4 is 12.1 Å². The Hall–Kier alpha value is -1.40. The summed E-state index contributed by atoms with van der Waals surface area (Å²) in [4.78, 5) is 21.9. The predicted molar refractivity (Wildman–Crippen MR) is 51.6 cm³/mol. The quantitative estimate of drug-likeness (QED) is 0.785. The van der Waals surface area contributed by atoms with Crippen molar-refractivity contribution in [3.63, 3.8) is 0 Å². The number of hydrogen-bond acceptors (Lipinski definition) is 3. The standard InChI is InChI=1S/C10H13F2NO4/c1-17-9(16)13-7(8(14)15)4-2-5-6(3-4)10(5,11)12/h4-7H,2-3H2,1H3,(H,13,16)(H,14,15)/t4?,5-,6+,7?. The molecule has 4 atom stereocenters. The highest BCUT2D eigenvalue weighted by atomic mass is 19.3. The maximum absolute atomic E-state index is 12.9. The first-order chi connectivity index (χ1) is 7.87. The Labute approximate surface area is 96.1 Å². The Balaban J connectivity index is 1.96. The van der Waals surface area contributed by atoms with Crippen molar-refractivity contribution in [3.05, 3.63) is 0 Å². The highest BCUT2D eigenvalue weighted by molar-refractivity contribution is 5.80. The summed E-state index contributed by atoms with van der Waals surface area (Å²) in [7, 11) is 1.12. The fourth-order valence-electron chi connectivity index (χ4n) is 2.69. The highest BCUT2D eigenvalue weighted by Gasteiger charge is 2.72. The van der Waals surface area contributed by atoms with E-state index in [2.05, 4.69) is 10.1 Å². The van der Waals surface area contributed by atoms with Gasteiger partial charge in [0.2, 0.25) is 0 Å². The number of carbonyl (C=O) groups excluding carboxylic acids is 1. The molecule has 96 valence electrons. The zero-order valence-electron chi connectivity index (χ0n) is 9.15. The van der Waals surface area contributed by atoms with Crippen LogP contribution in [-0.2, 0) is 9.53 Å². The van der Waals surface area contributed by atoms with E-state index in [9.17, 15) is 18.4 Å². The summed E-state index contributed by atoms with van der Waals surface area (Å²) in [6.45, 7) is 0. The number of alkyl halides is 2. The maximum atomic E-state index is 12.9. The lowest BCUT2D eigenvalue weighted by atomic mass is 9.94. The molecule has 0 spiro atoms. The Morgan fingerprint density at radius 2 is 1.94 bits per heavy atom. The van der Waals surface area contributed by atoms with Crippen LogP contribution in [0.1, 0.15) is 12.8 Å². The van der Waals surface area contributed by atoms with Crippen molar-refractivity contribution in [2.75, 3.05) is 7.11 Å². The Morgan fingerprint density at radius 3 is 2.35 bits per heavy atom. The van der Waals surface area contributed by atoms with E-state index < -0.39 is 41.8 Å². The first-order valence-electron chi connectivity index (χ1n) is 5.33. The molecule has 2 N–H and O–H groups in total. The number of carbonyl (C=O) groups is 2. The number of methoxy groups -OCH3 is 1. The number of rotatable bonds is 3. The molecule has 2 aliphatic rings. The van der Waals surface area contributed by atoms with E-state index in [4.69, 9.17) is 5.11 Å². The van der Waals surface area contributed by atoms with Crippen LogP contribution in [-0.4, -0.2) is 36.2 Å². The van der Waals surface area contributed by atoms with Gasteiger partial charge in [-0.1, -0.05) is 0 Å². The molecule has 2 saturated carbocycles. The molecule has 0 saturated heterocycles. The molecule has 2 aliphatic carbocycles.